The summed E-state index contributed by atoms with van der Waals surface area (Å²) in [4.78, 5) is 0. The molecule has 0 heterocycles. The van der Waals surface area contributed by atoms with Crippen LogP contribution >= 0.6 is 12.6 Å². The van der Waals surface area contributed by atoms with E-state index in [2.05, 4.69) is 73.2 Å². The average molecular weight is 297 g/mol. The summed E-state index contributed by atoms with van der Waals surface area (Å²) in [6.07, 6.45) is 9.71. The molecule has 4 unspecified atom stereocenters. The van der Waals surface area contributed by atoms with Gasteiger partial charge in [-0.25, -0.2) is 0 Å². The summed E-state index contributed by atoms with van der Waals surface area (Å²) in [5.41, 5.74) is 2.88. The Labute approximate surface area is 133 Å². The molecular weight excluding hydrogens is 260 g/mol. The molecule has 0 aliphatic rings. The molecule has 0 fully saturated rings. The van der Waals surface area contributed by atoms with E-state index in [-0.39, 0.29) is 0 Å². The number of thiol groups is 1. The third kappa shape index (κ3) is 9.69. The second-order valence-electron chi connectivity index (χ2n) is 7.01. The van der Waals surface area contributed by atoms with Crippen molar-refractivity contribution in [2.75, 3.05) is 0 Å². The van der Waals surface area contributed by atoms with Crippen LogP contribution in [0.15, 0.2) is 23.3 Å². The van der Waals surface area contributed by atoms with Crippen molar-refractivity contribution in [1.82, 2.24) is 0 Å². The van der Waals surface area contributed by atoms with Crippen LogP contribution in [0.5, 0.6) is 0 Å². The molecule has 118 valence electrons. The summed E-state index contributed by atoms with van der Waals surface area (Å²) in [6, 6.07) is 0. The van der Waals surface area contributed by atoms with Crippen LogP contribution in [-0.2, 0) is 0 Å². The van der Waals surface area contributed by atoms with E-state index < -0.39 is 0 Å². The monoisotopic (exact) mass is 296 g/mol. The molecule has 0 N–H and O–H groups in total. The lowest BCUT2D eigenvalue weighted by Crippen LogP contribution is -2.11. The van der Waals surface area contributed by atoms with Gasteiger partial charge in [0.1, 0.15) is 0 Å². The fourth-order valence-corrected chi connectivity index (χ4v) is 2.43. The Morgan fingerprint density at radius 1 is 0.800 bits per heavy atom. The first kappa shape index (κ1) is 19.8. The van der Waals surface area contributed by atoms with Crippen molar-refractivity contribution in [3.63, 3.8) is 0 Å². The van der Waals surface area contributed by atoms with Crippen molar-refractivity contribution >= 4 is 12.6 Å². The number of hydrogen-bond donors (Lipinski definition) is 1. The lowest BCUT2D eigenvalue weighted by atomic mass is 9.84. The largest absolute Gasteiger partial charge is 0.176 e. The van der Waals surface area contributed by atoms with Crippen LogP contribution in [0, 0.1) is 17.8 Å². The SMILES string of the molecule is CC(C)=C/C=C(\C)C(C)CCC(C)C(C)CCC(C)S. The molecule has 0 rings (SSSR count). The normalized spacial score (nSPS) is 18.3. The summed E-state index contributed by atoms with van der Waals surface area (Å²) >= 11 is 4.48. The summed E-state index contributed by atoms with van der Waals surface area (Å²) in [5.74, 6) is 2.34. The van der Waals surface area contributed by atoms with Crippen LogP contribution in [0.3, 0.4) is 0 Å². The molecule has 0 radical (unpaired) electrons. The standard InChI is InChI=1S/C19H36S/c1-14(2)8-9-15(3)16(4)10-11-17(5)18(6)12-13-19(7)20/h8-9,16-20H,10-13H2,1-7H3/b15-9+. The molecule has 0 nitrogen and oxygen atoms in total. The quantitative estimate of drug-likeness (QED) is 0.356. The molecule has 0 aromatic rings. The summed E-state index contributed by atoms with van der Waals surface area (Å²) in [7, 11) is 0. The van der Waals surface area contributed by atoms with E-state index in [9.17, 15) is 0 Å². The van der Waals surface area contributed by atoms with E-state index in [1.807, 2.05) is 0 Å². The summed E-state index contributed by atoms with van der Waals surface area (Å²) in [6.45, 7) is 15.9. The maximum absolute atomic E-state index is 4.48. The summed E-state index contributed by atoms with van der Waals surface area (Å²) < 4.78 is 0. The van der Waals surface area contributed by atoms with Crippen LogP contribution in [-0.4, -0.2) is 5.25 Å². The highest BCUT2D eigenvalue weighted by Gasteiger charge is 2.14. The van der Waals surface area contributed by atoms with Gasteiger partial charge in [0, 0.05) is 0 Å². The van der Waals surface area contributed by atoms with Gasteiger partial charge in [-0.05, 0) is 69.5 Å². The van der Waals surface area contributed by atoms with Gasteiger partial charge in [-0.3, -0.25) is 0 Å². The zero-order chi connectivity index (χ0) is 15.7. The predicted molar refractivity (Wildman–Crippen MR) is 97.6 cm³/mol. The minimum Gasteiger partial charge on any atom is -0.176 e. The minimum atomic E-state index is 0.540. The Bertz CT molecular complexity index is 308. The third-order valence-electron chi connectivity index (χ3n) is 4.52. The van der Waals surface area contributed by atoms with Crippen molar-refractivity contribution in [3.05, 3.63) is 23.3 Å². The van der Waals surface area contributed by atoms with E-state index in [1.54, 1.807) is 0 Å². The molecule has 20 heavy (non-hydrogen) atoms. The van der Waals surface area contributed by atoms with Crippen LogP contribution in [0.2, 0.25) is 0 Å². The van der Waals surface area contributed by atoms with Crippen LogP contribution in [0.4, 0.5) is 0 Å². The van der Waals surface area contributed by atoms with Gasteiger partial charge in [0.05, 0.1) is 0 Å². The van der Waals surface area contributed by atoms with Crippen LogP contribution in [0.1, 0.15) is 74.1 Å². The lowest BCUT2D eigenvalue weighted by molar-refractivity contribution is 0.319. The zero-order valence-electron chi connectivity index (χ0n) is 14.7. The van der Waals surface area contributed by atoms with Crippen LogP contribution in [0.25, 0.3) is 0 Å². The van der Waals surface area contributed by atoms with E-state index in [0.717, 1.165) is 11.8 Å². The van der Waals surface area contributed by atoms with E-state index in [1.165, 1.54) is 36.8 Å². The van der Waals surface area contributed by atoms with Crippen molar-refractivity contribution in [2.45, 2.75) is 79.4 Å². The van der Waals surface area contributed by atoms with Gasteiger partial charge >= 0.3 is 0 Å². The zero-order valence-corrected chi connectivity index (χ0v) is 15.6. The van der Waals surface area contributed by atoms with E-state index in [4.69, 9.17) is 0 Å². The number of rotatable bonds is 9. The Balaban J connectivity index is 4.13. The molecule has 0 aromatic heterocycles. The van der Waals surface area contributed by atoms with Gasteiger partial charge in [0.25, 0.3) is 0 Å². The minimum absolute atomic E-state index is 0.540. The van der Waals surface area contributed by atoms with Gasteiger partial charge in [-0.1, -0.05) is 51.0 Å². The van der Waals surface area contributed by atoms with Gasteiger partial charge in [-0.15, -0.1) is 0 Å². The highest BCUT2D eigenvalue weighted by molar-refractivity contribution is 7.80. The second kappa shape index (κ2) is 10.5. The molecule has 0 aromatic carbocycles. The molecule has 0 spiro atoms. The average Bonchev–Trinajstić information content (AvgIpc) is 2.38. The van der Waals surface area contributed by atoms with E-state index in [0.29, 0.717) is 11.2 Å². The Hall–Kier alpha value is -0.170. The molecule has 1 heteroatoms. The maximum Gasteiger partial charge on any atom is -0.00115 e. The highest BCUT2D eigenvalue weighted by atomic mass is 32.1. The molecule has 0 aliphatic heterocycles. The maximum atomic E-state index is 4.48. The smallest absolute Gasteiger partial charge is 0.00115 e. The summed E-state index contributed by atoms with van der Waals surface area (Å²) in [5, 5.41) is 0.540. The Kier molecular flexibility index (Phi) is 10.5. The van der Waals surface area contributed by atoms with Crippen molar-refractivity contribution in [3.8, 4) is 0 Å². The van der Waals surface area contributed by atoms with Gasteiger partial charge in [0.15, 0.2) is 0 Å². The molecule has 0 saturated carbocycles. The first-order valence-corrected chi connectivity index (χ1v) is 8.75. The first-order chi connectivity index (χ1) is 9.23. The lowest BCUT2D eigenvalue weighted by Gasteiger charge is -2.22. The van der Waals surface area contributed by atoms with Crippen molar-refractivity contribution in [1.29, 1.82) is 0 Å². The molecular formula is C19H36S. The van der Waals surface area contributed by atoms with Gasteiger partial charge < -0.3 is 0 Å². The van der Waals surface area contributed by atoms with Gasteiger partial charge in [-0.2, -0.15) is 12.6 Å². The molecule has 0 saturated heterocycles. The number of allylic oxidation sites excluding steroid dienone is 4. The fourth-order valence-electron chi connectivity index (χ4n) is 2.28. The van der Waals surface area contributed by atoms with Crippen molar-refractivity contribution < 1.29 is 0 Å². The Morgan fingerprint density at radius 3 is 1.75 bits per heavy atom. The number of hydrogen-bond acceptors (Lipinski definition) is 1. The second-order valence-corrected chi connectivity index (χ2v) is 7.90. The highest BCUT2D eigenvalue weighted by Crippen LogP contribution is 2.26. The fraction of sp³-hybridized carbons (Fsp3) is 0.789. The topological polar surface area (TPSA) is 0 Å². The molecule has 0 aliphatic carbocycles. The predicted octanol–water partition coefficient (Wildman–Crippen LogP) is 6.69. The molecule has 0 bridgehead atoms. The first-order valence-electron chi connectivity index (χ1n) is 8.23. The van der Waals surface area contributed by atoms with Crippen LogP contribution < -0.4 is 0 Å². The molecule has 0 amide bonds. The van der Waals surface area contributed by atoms with Crippen molar-refractivity contribution in [2.24, 2.45) is 17.8 Å². The third-order valence-corrected chi connectivity index (χ3v) is 4.78. The van der Waals surface area contributed by atoms with Gasteiger partial charge in [0.2, 0.25) is 0 Å². The Morgan fingerprint density at radius 2 is 1.30 bits per heavy atom. The van der Waals surface area contributed by atoms with E-state index >= 15 is 0 Å². The molecule has 4 atom stereocenters.